The molecule has 0 radical (unpaired) electrons. The number of H-pyrrole nitrogens is 1. The molecule has 0 aliphatic carbocycles. The number of benzene rings is 1. The fourth-order valence-electron chi connectivity index (χ4n) is 3.10. The summed E-state index contributed by atoms with van der Waals surface area (Å²) in [4.78, 5) is 18.9. The van der Waals surface area contributed by atoms with Gasteiger partial charge in [0.2, 0.25) is 5.95 Å². The maximum atomic E-state index is 4.50. The maximum absolute atomic E-state index is 4.50. The second kappa shape index (κ2) is 8.14. The lowest BCUT2D eigenvalue weighted by molar-refractivity contribution is 0.182. The highest BCUT2D eigenvalue weighted by Crippen LogP contribution is 2.21. The fourth-order valence-corrected chi connectivity index (χ4v) is 3.10. The van der Waals surface area contributed by atoms with Crippen molar-refractivity contribution >= 4 is 28.6 Å². The Morgan fingerprint density at radius 1 is 1.04 bits per heavy atom. The van der Waals surface area contributed by atoms with Gasteiger partial charge in [-0.15, -0.1) is 0 Å². The van der Waals surface area contributed by atoms with Gasteiger partial charge in [-0.2, -0.15) is 4.98 Å². The first-order valence-electron chi connectivity index (χ1n) is 9.07. The van der Waals surface area contributed by atoms with E-state index in [-0.39, 0.29) is 0 Å². The number of anilines is 3. The van der Waals surface area contributed by atoms with Crippen molar-refractivity contribution in [3.8, 4) is 0 Å². The summed E-state index contributed by atoms with van der Waals surface area (Å²) in [7, 11) is 0. The van der Waals surface area contributed by atoms with E-state index in [9.17, 15) is 0 Å². The Morgan fingerprint density at radius 2 is 1.77 bits per heavy atom. The quantitative estimate of drug-likeness (QED) is 0.574. The zero-order valence-corrected chi connectivity index (χ0v) is 15.8. The Kier molecular flexibility index (Phi) is 5.68. The van der Waals surface area contributed by atoms with Crippen molar-refractivity contribution in [1.82, 2.24) is 24.8 Å². The van der Waals surface area contributed by atoms with Crippen LogP contribution in [0.25, 0.3) is 11.2 Å². The van der Waals surface area contributed by atoms with Gasteiger partial charge in [0.15, 0.2) is 11.5 Å². The van der Waals surface area contributed by atoms with Crippen LogP contribution in [0.4, 0.5) is 17.5 Å². The van der Waals surface area contributed by atoms with Crippen LogP contribution in [0.1, 0.15) is 27.7 Å². The molecular formula is C19H27N7. The minimum atomic E-state index is 0.510. The van der Waals surface area contributed by atoms with Crippen LogP contribution < -0.4 is 10.6 Å². The largest absolute Gasteiger partial charge is 0.367 e. The molecule has 0 saturated heterocycles. The van der Waals surface area contributed by atoms with Crippen molar-refractivity contribution in [2.75, 3.05) is 23.7 Å². The minimum Gasteiger partial charge on any atom is -0.367 e. The van der Waals surface area contributed by atoms with E-state index in [0.717, 1.165) is 30.1 Å². The molecule has 0 saturated carbocycles. The molecule has 2 aromatic heterocycles. The summed E-state index contributed by atoms with van der Waals surface area (Å²) in [5, 5.41) is 6.67. The summed E-state index contributed by atoms with van der Waals surface area (Å²) in [5.74, 6) is 1.43. The number of para-hydroxylation sites is 1. The zero-order valence-electron chi connectivity index (χ0n) is 15.8. The maximum Gasteiger partial charge on any atom is 0.207 e. The molecule has 26 heavy (non-hydrogen) atoms. The predicted octanol–water partition coefficient (Wildman–Crippen LogP) is 3.63. The van der Waals surface area contributed by atoms with Crippen LogP contribution >= 0.6 is 0 Å². The van der Waals surface area contributed by atoms with Crippen LogP contribution in [0.15, 0.2) is 36.7 Å². The number of nitrogens with one attached hydrogen (secondary N) is 3. The standard InChI is InChI=1S/C19H27N7/c1-13(2)26(14(3)4)11-10-20-17-16-18(22-12-21-17)25-19(24-16)23-15-8-6-5-7-9-15/h5-9,12-14H,10-11H2,1-4H3,(H3,20,21,22,23,24,25). The van der Waals surface area contributed by atoms with Crippen LogP contribution in [0.3, 0.4) is 0 Å². The smallest absolute Gasteiger partial charge is 0.207 e. The summed E-state index contributed by atoms with van der Waals surface area (Å²) in [6.45, 7) is 10.6. The van der Waals surface area contributed by atoms with E-state index in [1.54, 1.807) is 6.33 Å². The van der Waals surface area contributed by atoms with Crippen molar-refractivity contribution in [3.05, 3.63) is 36.7 Å². The summed E-state index contributed by atoms with van der Waals surface area (Å²) in [6.07, 6.45) is 1.54. The van der Waals surface area contributed by atoms with E-state index in [1.165, 1.54) is 0 Å². The first-order chi connectivity index (χ1) is 12.5. The zero-order chi connectivity index (χ0) is 18.5. The Hall–Kier alpha value is -2.67. The molecular weight excluding hydrogens is 326 g/mol. The summed E-state index contributed by atoms with van der Waals surface area (Å²) in [5.41, 5.74) is 2.43. The number of nitrogens with zero attached hydrogens (tertiary/aromatic N) is 4. The van der Waals surface area contributed by atoms with Gasteiger partial charge in [0.25, 0.3) is 0 Å². The fraction of sp³-hybridized carbons (Fsp3) is 0.421. The van der Waals surface area contributed by atoms with E-state index >= 15 is 0 Å². The third kappa shape index (κ3) is 4.29. The van der Waals surface area contributed by atoms with Crippen molar-refractivity contribution in [2.24, 2.45) is 0 Å². The van der Waals surface area contributed by atoms with Gasteiger partial charge in [-0.25, -0.2) is 9.97 Å². The van der Waals surface area contributed by atoms with Gasteiger partial charge in [0.1, 0.15) is 11.8 Å². The normalized spacial score (nSPS) is 11.7. The molecule has 3 rings (SSSR count). The van der Waals surface area contributed by atoms with Crippen molar-refractivity contribution < 1.29 is 0 Å². The third-order valence-electron chi connectivity index (χ3n) is 4.31. The van der Waals surface area contributed by atoms with E-state index in [4.69, 9.17) is 0 Å². The molecule has 7 heteroatoms. The highest BCUT2D eigenvalue weighted by Gasteiger charge is 2.14. The van der Waals surface area contributed by atoms with Gasteiger partial charge in [-0.1, -0.05) is 18.2 Å². The van der Waals surface area contributed by atoms with E-state index in [2.05, 4.69) is 63.2 Å². The van der Waals surface area contributed by atoms with Gasteiger partial charge >= 0.3 is 0 Å². The van der Waals surface area contributed by atoms with Gasteiger partial charge in [-0.3, -0.25) is 4.90 Å². The molecule has 0 amide bonds. The highest BCUT2D eigenvalue weighted by molar-refractivity contribution is 5.84. The van der Waals surface area contributed by atoms with Crippen LogP contribution in [0, 0.1) is 0 Å². The second-order valence-electron chi connectivity index (χ2n) is 6.85. The molecule has 0 bridgehead atoms. The van der Waals surface area contributed by atoms with E-state index < -0.39 is 0 Å². The number of rotatable bonds is 8. The molecule has 3 N–H and O–H groups in total. The second-order valence-corrected chi connectivity index (χ2v) is 6.85. The molecule has 138 valence electrons. The van der Waals surface area contributed by atoms with Crippen molar-refractivity contribution in [2.45, 2.75) is 39.8 Å². The summed E-state index contributed by atoms with van der Waals surface area (Å²) in [6, 6.07) is 10.9. The van der Waals surface area contributed by atoms with Gasteiger partial charge in [-0.05, 0) is 39.8 Å². The molecule has 0 aliphatic rings. The average Bonchev–Trinajstić information content (AvgIpc) is 3.02. The van der Waals surface area contributed by atoms with Crippen LogP contribution in [0.2, 0.25) is 0 Å². The first kappa shape index (κ1) is 18.1. The van der Waals surface area contributed by atoms with Crippen molar-refractivity contribution in [3.63, 3.8) is 0 Å². The van der Waals surface area contributed by atoms with Crippen LogP contribution in [-0.4, -0.2) is 50.0 Å². The van der Waals surface area contributed by atoms with Gasteiger partial charge in [0, 0.05) is 30.9 Å². The topological polar surface area (TPSA) is 81.8 Å². The van der Waals surface area contributed by atoms with Crippen molar-refractivity contribution in [1.29, 1.82) is 0 Å². The number of hydrogen-bond acceptors (Lipinski definition) is 6. The molecule has 0 aliphatic heterocycles. The third-order valence-corrected chi connectivity index (χ3v) is 4.31. The molecule has 0 unspecified atom stereocenters. The van der Waals surface area contributed by atoms with Crippen LogP contribution in [-0.2, 0) is 0 Å². The van der Waals surface area contributed by atoms with Gasteiger partial charge in [0.05, 0.1) is 0 Å². The molecule has 2 heterocycles. The highest BCUT2D eigenvalue weighted by atomic mass is 15.2. The van der Waals surface area contributed by atoms with Gasteiger partial charge < -0.3 is 15.6 Å². The number of fused-ring (bicyclic) bond motifs is 1. The summed E-state index contributed by atoms with van der Waals surface area (Å²) >= 11 is 0. The molecule has 1 aromatic carbocycles. The number of imidazole rings is 1. The lowest BCUT2D eigenvalue weighted by Crippen LogP contribution is -2.40. The Morgan fingerprint density at radius 3 is 2.46 bits per heavy atom. The van der Waals surface area contributed by atoms with E-state index in [1.807, 2.05) is 30.3 Å². The molecule has 7 nitrogen and oxygen atoms in total. The number of aromatic amines is 1. The molecule has 0 atom stereocenters. The van der Waals surface area contributed by atoms with Crippen LogP contribution in [0.5, 0.6) is 0 Å². The first-order valence-corrected chi connectivity index (χ1v) is 9.07. The Bertz CT molecular complexity index is 818. The number of aromatic nitrogens is 4. The summed E-state index contributed by atoms with van der Waals surface area (Å²) < 4.78 is 0. The molecule has 0 spiro atoms. The number of hydrogen-bond donors (Lipinski definition) is 3. The SMILES string of the molecule is CC(C)N(CCNc1ncnc2nc(Nc3ccccc3)[nH]c12)C(C)C. The Labute approximate surface area is 154 Å². The lowest BCUT2D eigenvalue weighted by atomic mass is 10.2. The molecule has 3 aromatic rings. The average molecular weight is 353 g/mol. The minimum absolute atomic E-state index is 0.510. The predicted molar refractivity (Wildman–Crippen MR) is 107 cm³/mol. The molecule has 0 fully saturated rings. The Balaban J connectivity index is 1.71. The lowest BCUT2D eigenvalue weighted by Gasteiger charge is -2.30. The monoisotopic (exact) mass is 353 g/mol. The van der Waals surface area contributed by atoms with E-state index in [0.29, 0.717) is 23.7 Å².